The molecule has 0 heterocycles. The Morgan fingerprint density at radius 3 is 1.65 bits per heavy atom. The number of rotatable bonds is 2. The van der Waals surface area contributed by atoms with Crippen molar-refractivity contribution in [3.05, 3.63) is 126 Å². The Morgan fingerprint density at radius 2 is 1.00 bits per heavy atom. The van der Waals surface area contributed by atoms with Crippen molar-refractivity contribution in [2.75, 3.05) is 0 Å². The predicted octanol–water partition coefficient (Wildman–Crippen LogP) is 9.44. The van der Waals surface area contributed by atoms with Gasteiger partial charge in [-0.25, -0.2) is 0 Å². The van der Waals surface area contributed by atoms with Crippen LogP contribution in [0.4, 0.5) is 0 Å². The van der Waals surface area contributed by atoms with Crippen molar-refractivity contribution in [1.29, 1.82) is 0 Å². The number of benzene rings is 6. The Kier molecular flexibility index (Phi) is 4.38. The standard InChI is InChI=1S/C34H24/c1-3-11-25-21-27(19-17-23(25)9-1)33-29-13-5-7-15-31(29)34(32-16-8-6-14-30(32)33)28-20-18-24-10-2-4-12-26(24)22-28/h1-7,9-15,17-22H,8,16H2. The van der Waals surface area contributed by atoms with Gasteiger partial charge in [0.15, 0.2) is 0 Å². The summed E-state index contributed by atoms with van der Waals surface area (Å²) in [5.41, 5.74) is 8.21. The highest BCUT2D eigenvalue weighted by Gasteiger charge is 2.21. The van der Waals surface area contributed by atoms with Crippen molar-refractivity contribution in [1.82, 2.24) is 0 Å². The van der Waals surface area contributed by atoms with E-state index in [2.05, 4.69) is 121 Å². The molecule has 0 amide bonds. The van der Waals surface area contributed by atoms with Gasteiger partial charge in [-0.3, -0.25) is 0 Å². The molecule has 34 heavy (non-hydrogen) atoms. The van der Waals surface area contributed by atoms with Crippen molar-refractivity contribution in [3.8, 4) is 22.3 Å². The van der Waals surface area contributed by atoms with Gasteiger partial charge in [-0.1, -0.05) is 109 Å². The van der Waals surface area contributed by atoms with E-state index in [0.29, 0.717) is 0 Å². The maximum absolute atomic E-state index is 2.37. The van der Waals surface area contributed by atoms with E-state index in [-0.39, 0.29) is 0 Å². The molecule has 0 bridgehead atoms. The van der Waals surface area contributed by atoms with Gasteiger partial charge in [0.2, 0.25) is 0 Å². The van der Waals surface area contributed by atoms with E-state index in [1.54, 1.807) is 0 Å². The molecule has 0 nitrogen and oxygen atoms in total. The van der Waals surface area contributed by atoms with Crippen LogP contribution in [-0.4, -0.2) is 0 Å². The number of fused-ring (bicyclic) bond motifs is 4. The molecule has 0 heteroatoms. The molecule has 0 aliphatic heterocycles. The molecular formula is C34H24. The molecule has 160 valence electrons. The van der Waals surface area contributed by atoms with Gasteiger partial charge < -0.3 is 0 Å². The summed E-state index contributed by atoms with van der Waals surface area (Å²) >= 11 is 0. The summed E-state index contributed by atoms with van der Waals surface area (Å²) in [5, 5.41) is 7.82. The lowest BCUT2D eigenvalue weighted by molar-refractivity contribution is 0.991. The lowest BCUT2D eigenvalue weighted by atomic mass is 9.80. The minimum absolute atomic E-state index is 1.07. The summed E-state index contributed by atoms with van der Waals surface area (Å²) in [6.07, 6.45) is 6.86. The summed E-state index contributed by atoms with van der Waals surface area (Å²) in [7, 11) is 0. The third kappa shape index (κ3) is 2.99. The molecule has 0 saturated heterocycles. The monoisotopic (exact) mass is 432 g/mol. The van der Waals surface area contributed by atoms with Crippen molar-refractivity contribution in [2.45, 2.75) is 12.8 Å². The van der Waals surface area contributed by atoms with E-state index in [1.807, 2.05) is 0 Å². The summed E-state index contributed by atoms with van der Waals surface area (Å²) < 4.78 is 0. The lowest BCUT2D eigenvalue weighted by Crippen LogP contribution is -2.02. The molecule has 0 fully saturated rings. The second-order valence-corrected chi connectivity index (χ2v) is 9.25. The zero-order chi connectivity index (χ0) is 22.5. The minimum atomic E-state index is 1.07. The maximum atomic E-state index is 2.37. The third-order valence-corrected chi connectivity index (χ3v) is 7.28. The fraction of sp³-hybridized carbons (Fsp3) is 0.0588. The van der Waals surface area contributed by atoms with Crippen molar-refractivity contribution in [2.24, 2.45) is 0 Å². The second kappa shape index (κ2) is 7.71. The van der Waals surface area contributed by atoms with E-state index in [0.717, 1.165) is 12.8 Å². The molecule has 1 aliphatic carbocycles. The van der Waals surface area contributed by atoms with Gasteiger partial charge in [-0.05, 0) is 90.7 Å². The normalized spacial score (nSPS) is 12.9. The van der Waals surface area contributed by atoms with Crippen molar-refractivity contribution < 1.29 is 0 Å². The molecule has 1 aliphatic rings. The van der Waals surface area contributed by atoms with Crippen LogP contribution in [0.3, 0.4) is 0 Å². The smallest absolute Gasteiger partial charge is 0.00295 e. The first-order valence-electron chi connectivity index (χ1n) is 12.1. The number of hydrogen-bond donors (Lipinski definition) is 0. The summed E-state index contributed by atoms with van der Waals surface area (Å²) in [5.74, 6) is 0. The summed E-state index contributed by atoms with van der Waals surface area (Å²) in [6.45, 7) is 0. The number of allylic oxidation sites excluding steroid dienone is 1. The molecule has 0 aromatic heterocycles. The largest absolute Gasteiger partial charge is 0.0836 e. The molecule has 6 aromatic carbocycles. The van der Waals surface area contributed by atoms with Crippen molar-refractivity contribution in [3.63, 3.8) is 0 Å². The molecule has 0 spiro atoms. The molecule has 0 radical (unpaired) electrons. The van der Waals surface area contributed by atoms with Gasteiger partial charge in [-0.15, -0.1) is 0 Å². The summed E-state index contributed by atoms with van der Waals surface area (Å²) in [6, 6.07) is 40.1. The molecule has 0 atom stereocenters. The second-order valence-electron chi connectivity index (χ2n) is 9.25. The van der Waals surface area contributed by atoms with Crippen LogP contribution < -0.4 is 0 Å². The number of hydrogen-bond acceptors (Lipinski definition) is 0. The molecule has 6 aromatic rings. The average Bonchev–Trinajstić information content (AvgIpc) is 2.91. The van der Waals surface area contributed by atoms with Crippen LogP contribution in [0.1, 0.15) is 17.5 Å². The Bertz CT molecular complexity index is 1750. The van der Waals surface area contributed by atoms with Gasteiger partial charge in [-0.2, -0.15) is 0 Å². The molecule has 7 rings (SSSR count). The molecular weight excluding hydrogens is 408 g/mol. The highest BCUT2D eigenvalue weighted by molar-refractivity contribution is 6.11. The van der Waals surface area contributed by atoms with E-state index in [4.69, 9.17) is 0 Å². The minimum Gasteiger partial charge on any atom is -0.0836 e. The van der Waals surface area contributed by atoms with Gasteiger partial charge in [0.25, 0.3) is 0 Å². The van der Waals surface area contributed by atoms with Gasteiger partial charge in [0.1, 0.15) is 0 Å². The Labute approximate surface area is 199 Å². The first-order valence-corrected chi connectivity index (χ1v) is 12.1. The van der Waals surface area contributed by atoms with Crippen LogP contribution >= 0.6 is 0 Å². The first kappa shape index (κ1) is 19.3. The topological polar surface area (TPSA) is 0 Å². The van der Waals surface area contributed by atoms with Gasteiger partial charge in [0.05, 0.1) is 0 Å². The van der Waals surface area contributed by atoms with E-state index >= 15 is 0 Å². The zero-order valence-electron chi connectivity index (χ0n) is 19.0. The summed E-state index contributed by atoms with van der Waals surface area (Å²) in [4.78, 5) is 0. The zero-order valence-corrected chi connectivity index (χ0v) is 19.0. The fourth-order valence-corrected chi connectivity index (χ4v) is 5.72. The first-order chi connectivity index (χ1) is 16.9. The molecule has 0 N–H and O–H groups in total. The third-order valence-electron chi connectivity index (χ3n) is 7.28. The molecule has 0 unspecified atom stereocenters. The van der Waals surface area contributed by atoms with Crippen LogP contribution in [0.2, 0.25) is 0 Å². The SMILES string of the molecule is C1=Cc2c(c(-c3ccc4ccccc4c3)c3ccccc3c2-c2ccc3ccccc3c2)CC1. The Balaban J connectivity index is 1.58. The lowest BCUT2D eigenvalue weighted by Gasteiger charge is -2.24. The fourth-order valence-electron chi connectivity index (χ4n) is 5.72. The van der Waals surface area contributed by atoms with E-state index in [1.165, 1.54) is 65.7 Å². The van der Waals surface area contributed by atoms with E-state index < -0.39 is 0 Å². The van der Waals surface area contributed by atoms with Crippen LogP contribution in [0, 0.1) is 0 Å². The average molecular weight is 433 g/mol. The van der Waals surface area contributed by atoms with Gasteiger partial charge in [0, 0.05) is 0 Å². The Morgan fingerprint density at radius 1 is 0.471 bits per heavy atom. The Hall–Kier alpha value is -4.16. The molecule has 0 saturated carbocycles. The van der Waals surface area contributed by atoms with Crippen LogP contribution in [0.15, 0.2) is 115 Å². The van der Waals surface area contributed by atoms with Crippen LogP contribution in [-0.2, 0) is 6.42 Å². The maximum Gasteiger partial charge on any atom is -0.00295 e. The van der Waals surface area contributed by atoms with E-state index in [9.17, 15) is 0 Å². The highest BCUT2D eigenvalue weighted by Crippen LogP contribution is 2.45. The quantitative estimate of drug-likeness (QED) is 0.256. The van der Waals surface area contributed by atoms with Crippen LogP contribution in [0.5, 0.6) is 0 Å². The highest BCUT2D eigenvalue weighted by atomic mass is 14.2. The predicted molar refractivity (Wildman–Crippen MR) is 147 cm³/mol. The van der Waals surface area contributed by atoms with Crippen LogP contribution in [0.25, 0.3) is 60.6 Å². The van der Waals surface area contributed by atoms with Crippen molar-refractivity contribution >= 4 is 38.4 Å². The van der Waals surface area contributed by atoms with Gasteiger partial charge >= 0.3 is 0 Å².